The standard InChI is InChI=1S/C18H17F3N2O2/c19-18(20,21)12-22-14-5-8-23(9-6-14)17(24)11-13-7-10-25-16-4-2-1-3-15(13)16/h1-6,8-9,13H,7,10-12H2/t13-/m1/s1. The van der Waals surface area contributed by atoms with E-state index in [1.807, 2.05) is 24.3 Å². The highest BCUT2D eigenvalue weighted by Gasteiger charge is 2.26. The van der Waals surface area contributed by atoms with Gasteiger partial charge in [-0.25, -0.2) is 0 Å². The number of rotatable bonds is 3. The first-order valence-corrected chi connectivity index (χ1v) is 7.93. The van der Waals surface area contributed by atoms with E-state index in [2.05, 4.69) is 4.99 Å². The van der Waals surface area contributed by atoms with Crippen LogP contribution in [0.2, 0.25) is 0 Å². The number of alkyl halides is 3. The maximum absolute atomic E-state index is 12.5. The molecule has 1 atom stereocenters. The van der Waals surface area contributed by atoms with Crippen LogP contribution in [-0.4, -0.2) is 29.8 Å². The highest BCUT2D eigenvalue weighted by molar-refractivity contribution is 5.79. The fourth-order valence-corrected chi connectivity index (χ4v) is 2.82. The minimum Gasteiger partial charge on any atom is -0.493 e. The molecule has 3 rings (SSSR count). The van der Waals surface area contributed by atoms with Gasteiger partial charge in [0.05, 0.1) is 12.0 Å². The molecule has 0 aliphatic carbocycles. The van der Waals surface area contributed by atoms with Crippen LogP contribution in [0.3, 0.4) is 0 Å². The summed E-state index contributed by atoms with van der Waals surface area (Å²) in [5.41, 5.74) is 1.01. The van der Waals surface area contributed by atoms with Crippen LogP contribution in [-0.2, 0) is 0 Å². The van der Waals surface area contributed by atoms with Crippen molar-refractivity contribution in [2.24, 2.45) is 4.99 Å². The number of hydrogen-bond donors (Lipinski definition) is 0. The Labute approximate surface area is 142 Å². The van der Waals surface area contributed by atoms with E-state index in [1.54, 1.807) is 0 Å². The number of carbonyl (C=O) groups is 1. The molecule has 0 saturated carbocycles. The largest absolute Gasteiger partial charge is 0.493 e. The van der Waals surface area contributed by atoms with Crippen molar-refractivity contribution in [3.8, 4) is 5.75 Å². The molecule has 132 valence electrons. The molecule has 0 radical (unpaired) electrons. The van der Waals surface area contributed by atoms with Crippen LogP contribution in [0.5, 0.6) is 5.75 Å². The average molecular weight is 350 g/mol. The minimum atomic E-state index is -4.34. The molecule has 1 aliphatic heterocycles. The van der Waals surface area contributed by atoms with E-state index in [-0.39, 0.29) is 17.2 Å². The highest BCUT2D eigenvalue weighted by Crippen LogP contribution is 2.35. The van der Waals surface area contributed by atoms with Crippen molar-refractivity contribution in [2.45, 2.75) is 24.9 Å². The molecular weight excluding hydrogens is 333 g/mol. The molecule has 0 N–H and O–H groups in total. The van der Waals surface area contributed by atoms with Gasteiger partial charge in [0.1, 0.15) is 12.3 Å². The highest BCUT2D eigenvalue weighted by atomic mass is 19.4. The summed E-state index contributed by atoms with van der Waals surface area (Å²) in [5, 5.41) is 0.192. The second-order valence-electron chi connectivity index (χ2n) is 5.86. The van der Waals surface area contributed by atoms with Gasteiger partial charge >= 0.3 is 6.18 Å². The zero-order valence-corrected chi connectivity index (χ0v) is 13.4. The van der Waals surface area contributed by atoms with Crippen LogP contribution < -0.4 is 10.1 Å². The monoisotopic (exact) mass is 350 g/mol. The molecule has 2 aromatic rings. The SMILES string of the molecule is O=C(C[C@H]1CCOc2ccccc21)n1ccc(=NCC(F)(F)F)cc1. The summed E-state index contributed by atoms with van der Waals surface area (Å²) in [6.45, 7) is -0.668. The number of ether oxygens (including phenoxy) is 1. The minimum absolute atomic E-state index is 0.0690. The Morgan fingerprint density at radius 3 is 2.64 bits per heavy atom. The summed E-state index contributed by atoms with van der Waals surface area (Å²) in [7, 11) is 0. The molecular formula is C18H17F3N2O2. The fourth-order valence-electron chi connectivity index (χ4n) is 2.82. The average Bonchev–Trinajstić information content (AvgIpc) is 2.60. The van der Waals surface area contributed by atoms with Crippen LogP contribution in [0.4, 0.5) is 13.2 Å². The lowest BCUT2D eigenvalue weighted by Crippen LogP contribution is -2.21. The van der Waals surface area contributed by atoms with Gasteiger partial charge in [-0.3, -0.25) is 14.4 Å². The molecule has 0 fully saturated rings. The number of hydrogen-bond acceptors (Lipinski definition) is 3. The Balaban J connectivity index is 1.70. The van der Waals surface area contributed by atoms with E-state index >= 15 is 0 Å². The molecule has 1 aromatic carbocycles. The van der Waals surface area contributed by atoms with Crippen molar-refractivity contribution >= 4 is 5.91 Å². The molecule has 0 amide bonds. The van der Waals surface area contributed by atoms with Gasteiger partial charge in [0, 0.05) is 18.8 Å². The number of nitrogens with zero attached hydrogens (tertiary/aromatic N) is 2. The predicted octanol–water partition coefficient (Wildman–Crippen LogP) is 3.55. The lowest BCUT2D eigenvalue weighted by Gasteiger charge is -2.25. The first-order valence-electron chi connectivity index (χ1n) is 7.93. The van der Waals surface area contributed by atoms with E-state index in [0.29, 0.717) is 13.0 Å². The van der Waals surface area contributed by atoms with Crippen molar-refractivity contribution in [1.29, 1.82) is 0 Å². The molecule has 0 bridgehead atoms. The predicted molar refractivity (Wildman–Crippen MR) is 85.5 cm³/mol. The van der Waals surface area contributed by atoms with E-state index < -0.39 is 12.7 Å². The Hall–Kier alpha value is -2.57. The van der Waals surface area contributed by atoms with Gasteiger partial charge in [-0.1, -0.05) is 18.2 Å². The van der Waals surface area contributed by atoms with Gasteiger partial charge < -0.3 is 4.74 Å². The number of para-hydroxylation sites is 1. The van der Waals surface area contributed by atoms with Crippen molar-refractivity contribution in [3.05, 3.63) is 59.7 Å². The maximum Gasteiger partial charge on any atom is 0.407 e. The number of fused-ring (bicyclic) bond motifs is 1. The van der Waals surface area contributed by atoms with Gasteiger partial charge in [0.15, 0.2) is 0 Å². The number of halogens is 3. The molecule has 7 heteroatoms. The number of benzene rings is 1. The van der Waals surface area contributed by atoms with Gasteiger partial charge in [0.2, 0.25) is 5.91 Å². The molecule has 0 spiro atoms. The summed E-state index contributed by atoms with van der Waals surface area (Å²) in [6.07, 6.45) is -0.379. The number of carbonyl (C=O) groups excluding carboxylic acids is 1. The first-order chi connectivity index (χ1) is 11.9. The lowest BCUT2D eigenvalue weighted by atomic mass is 9.90. The Bertz CT molecular complexity index is 807. The van der Waals surface area contributed by atoms with E-state index in [4.69, 9.17) is 4.74 Å². The second-order valence-corrected chi connectivity index (χ2v) is 5.86. The fraction of sp³-hybridized carbons (Fsp3) is 0.333. The number of pyridine rings is 1. The summed E-state index contributed by atoms with van der Waals surface area (Å²) >= 11 is 0. The van der Waals surface area contributed by atoms with Gasteiger partial charge in [-0.15, -0.1) is 0 Å². The van der Waals surface area contributed by atoms with Crippen LogP contribution in [0.1, 0.15) is 29.1 Å². The Morgan fingerprint density at radius 2 is 1.92 bits per heavy atom. The van der Waals surface area contributed by atoms with Crippen LogP contribution in [0.25, 0.3) is 0 Å². The molecule has 1 aromatic heterocycles. The third kappa shape index (κ3) is 4.49. The Kier molecular flexibility index (Phi) is 4.92. The third-order valence-electron chi connectivity index (χ3n) is 4.04. The molecule has 0 unspecified atom stereocenters. The molecule has 4 nitrogen and oxygen atoms in total. The zero-order chi connectivity index (χ0) is 17.9. The van der Waals surface area contributed by atoms with Crippen molar-refractivity contribution < 1.29 is 22.7 Å². The summed E-state index contributed by atoms with van der Waals surface area (Å²) in [6, 6.07) is 10.4. The quantitative estimate of drug-likeness (QED) is 0.850. The van der Waals surface area contributed by atoms with Gasteiger partial charge in [-0.05, 0) is 36.1 Å². The summed E-state index contributed by atoms with van der Waals surface area (Å²) in [4.78, 5) is 15.9. The van der Waals surface area contributed by atoms with E-state index in [1.165, 1.54) is 29.1 Å². The number of aromatic nitrogens is 1. The van der Waals surface area contributed by atoms with Gasteiger partial charge in [-0.2, -0.15) is 13.2 Å². The van der Waals surface area contributed by atoms with E-state index in [0.717, 1.165) is 17.7 Å². The third-order valence-corrected chi connectivity index (χ3v) is 4.04. The molecule has 1 aliphatic rings. The molecule has 0 saturated heterocycles. The lowest BCUT2D eigenvalue weighted by molar-refractivity contribution is -0.118. The second kappa shape index (κ2) is 7.13. The smallest absolute Gasteiger partial charge is 0.407 e. The summed E-state index contributed by atoms with van der Waals surface area (Å²) in [5.74, 6) is 0.751. The first kappa shape index (κ1) is 17.3. The Morgan fingerprint density at radius 1 is 1.20 bits per heavy atom. The summed E-state index contributed by atoms with van der Waals surface area (Å²) < 4.78 is 43.5. The van der Waals surface area contributed by atoms with Crippen molar-refractivity contribution in [2.75, 3.05) is 13.2 Å². The van der Waals surface area contributed by atoms with Crippen LogP contribution in [0.15, 0.2) is 53.8 Å². The zero-order valence-electron chi connectivity index (χ0n) is 13.4. The molecule has 25 heavy (non-hydrogen) atoms. The van der Waals surface area contributed by atoms with Crippen molar-refractivity contribution in [1.82, 2.24) is 4.57 Å². The normalized spacial score (nSPS) is 16.7. The van der Waals surface area contributed by atoms with Crippen LogP contribution >= 0.6 is 0 Å². The maximum atomic E-state index is 12.5. The van der Waals surface area contributed by atoms with Gasteiger partial charge in [0.25, 0.3) is 0 Å². The van der Waals surface area contributed by atoms with Crippen LogP contribution in [0, 0.1) is 0 Å². The molecule has 2 heterocycles. The van der Waals surface area contributed by atoms with E-state index in [9.17, 15) is 18.0 Å². The van der Waals surface area contributed by atoms with Crippen molar-refractivity contribution in [3.63, 3.8) is 0 Å². The topological polar surface area (TPSA) is 43.6 Å².